The third kappa shape index (κ3) is 4.45. The van der Waals surface area contributed by atoms with E-state index in [2.05, 4.69) is 35.6 Å². The summed E-state index contributed by atoms with van der Waals surface area (Å²) in [7, 11) is 1.62. The van der Waals surface area contributed by atoms with E-state index >= 15 is 0 Å². The number of benzene rings is 1. The molecule has 10 nitrogen and oxygen atoms in total. The fourth-order valence-electron chi connectivity index (χ4n) is 2.86. The van der Waals surface area contributed by atoms with Gasteiger partial charge < -0.3 is 14.6 Å². The minimum Gasteiger partial charge on any atom is -0.497 e. The molecule has 0 saturated heterocycles. The minimum absolute atomic E-state index is 0.270. The second-order valence-electron chi connectivity index (χ2n) is 7.83. The largest absolute Gasteiger partial charge is 0.497 e. The van der Waals surface area contributed by atoms with E-state index in [1.807, 2.05) is 45.0 Å². The van der Waals surface area contributed by atoms with Gasteiger partial charge in [-0.25, -0.2) is 9.97 Å². The second-order valence-corrected chi connectivity index (χ2v) is 8.69. The van der Waals surface area contributed by atoms with Crippen LogP contribution in [-0.2, 0) is 0 Å². The summed E-state index contributed by atoms with van der Waals surface area (Å²) in [5.74, 6) is 1.37. The molecule has 1 amide bonds. The number of methoxy groups -OCH3 is 1. The number of amides is 1. The normalized spacial score (nSPS) is 12.5. The van der Waals surface area contributed by atoms with Gasteiger partial charge in [-0.3, -0.25) is 9.89 Å². The number of aromatic amines is 1. The van der Waals surface area contributed by atoms with Gasteiger partial charge in [-0.15, -0.1) is 11.3 Å². The molecule has 1 aromatic carbocycles. The van der Waals surface area contributed by atoms with Crippen molar-refractivity contribution in [1.29, 1.82) is 0 Å². The van der Waals surface area contributed by atoms with Gasteiger partial charge in [0.2, 0.25) is 11.7 Å². The lowest BCUT2D eigenvalue weighted by Crippen LogP contribution is -2.37. The van der Waals surface area contributed by atoms with Gasteiger partial charge in [-0.2, -0.15) is 10.1 Å². The third-order valence-corrected chi connectivity index (χ3v) is 5.42. The highest BCUT2D eigenvalue weighted by Crippen LogP contribution is 2.33. The fraction of sp³-hybridized carbons (Fsp3) is 0.300. The van der Waals surface area contributed by atoms with Crippen LogP contribution >= 0.6 is 11.3 Å². The van der Waals surface area contributed by atoms with Crippen molar-refractivity contribution in [2.24, 2.45) is 5.41 Å². The number of rotatable bonds is 6. The summed E-state index contributed by atoms with van der Waals surface area (Å²) in [5, 5.41) is 15.8. The summed E-state index contributed by atoms with van der Waals surface area (Å²) in [4.78, 5) is 25.8. The van der Waals surface area contributed by atoms with Crippen LogP contribution < -0.4 is 10.1 Å². The third-order valence-electron chi connectivity index (χ3n) is 4.53. The van der Waals surface area contributed by atoms with Gasteiger partial charge in [0.15, 0.2) is 5.82 Å². The highest BCUT2D eigenvalue weighted by Gasteiger charge is 2.34. The highest BCUT2D eigenvalue weighted by atomic mass is 32.1. The number of nitrogens with zero attached hydrogens (tertiary/aromatic N) is 5. The zero-order valence-electron chi connectivity index (χ0n) is 17.4. The number of hydrogen-bond donors (Lipinski definition) is 2. The summed E-state index contributed by atoms with van der Waals surface area (Å²) in [6.45, 7) is 5.92. The minimum atomic E-state index is -0.532. The van der Waals surface area contributed by atoms with E-state index in [9.17, 15) is 4.79 Å². The zero-order valence-corrected chi connectivity index (χ0v) is 18.2. The summed E-state index contributed by atoms with van der Waals surface area (Å²) in [6, 6.07) is 6.98. The standard InChI is InChI=1S/C20H21N7O3S/c1-20(2,3)14(18-25-16(27-30-18)15-21-10-22-26-15)24-17(28)13-9-31-19(23-13)11-5-7-12(29-4)8-6-11/h5-10,14H,1-4H3,(H,24,28)(H,21,22,26)/t14-/m1/s1. The summed E-state index contributed by atoms with van der Waals surface area (Å²) < 4.78 is 10.6. The monoisotopic (exact) mass is 439 g/mol. The van der Waals surface area contributed by atoms with Crippen LogP contribution in [0.2, 0.25) is 0 Å². The van der Waals surface area contributed by atoms with Crippen LogP contribution in [0.4, 0.5) is 0 Å². The molecule has 0 fully saturated rings. The lowest BCUT2D eigenvalue weighted by atomic mass is 9.86. The second kappa shape index (κ2) is 8.26. The number of hydrogen-bond acceptors (Lipinski definition) is 9. The molecule has 160 valence electrons. The number of ether oxygens (including phenoxy) is 1. The van der Waals surface area contributed by atoms with Crippen LogP contribution in [0.25, 0.3) is 22.2 Å². The quantitative estimate of drug-likeness (QED) is 0.466. The van der Waals surface area contributed by atoms with Crippen molar-refractivity contribution < 1.29 is 14.1 Å². The maximum Gasteiger partial charge on any atom is 0.271 e. The van der Waals surface area contributed by atoms with Gasteiger partial charge in [0.25, 0.3) is 5.91 Å². The average molecular weight is 440 g/mol. The smallest absolute Gasteiger partial charge is 0.271 e. The number of carbonyl (C=O) groups is 1. The summed E-state index contributed by atoms with van der Waals surface area (Å²) in [6.07, 6.45) is 1.36. The average Bonchev–Trinajstić information content (AvgIpc) is 3.52. The number of nitrogens with one attached hydrogen (secondary N) is 2. The molecule has 31 heavy (non-hydrogen) atoms. The van der Waals surface area contributed by atoms with Crippen LogP contribution in [-0.4, -0.2) is 43.3 Å². The first kappa shape index (κ1) is 20.7. The van der Waals surface area contributed by atoms with E-state index in [4.69, 9.17) is 9.26 Å². The fourth-order valence-corrected chi connectivity index (χ4v) is 3.67. The molecular weight excluding hydrogens is 418 g/mol. The van der Waals surface area contributed by atoms with Crippen LogP contribution in [0.15, 0.2) is 40.5 Å². The van der Waals surface area contributed by atoms with Gasteiger partial charge in [-0.05, 0) is 29.7 Å². The van der Waals surface area contributed by atoms with Gasteiger partial charge in [0.1, 0.15) is 28.8 Å². The first-order chi connectivity index (χ1) is 14.8. The van der Waals surface area contributed by atoms with Gasteiger partial charge >= 0.3 is 0 Å². The lowest BCUT2D eigenvalue weighted by molar-refractivity contribution is 0.0876. The Morgan fingerprint density at radius 3 is 2.65 bits per heavy atom. The molecule has 0 aliphatic rings. The molecule has 0 spiro atoms. The molecule has 0 unspecified atom stereocenters. The van der Waals surface area contributed by atoms with Crippen molar-refractivity contribution in [2.75, 3.05) is 7.11 Å². The molecule has 0 bridgehead atoms. The Morgan fingerprint density at radius 1 is 1.23 bits per heavy atom. The summed E-state index contributed by atoms with van der Waals surface area (Å²) in [5.41, 5.74) is 0.835. The van der Waals surface area contributed by atoms with Crippen molar-refractivity contribution in [3.8, 4) is 28.0 Å². The Kier molecular flexibility index (Phi) is 5.51. The lowest BCUT2D eigenvalue weighted by Gasteiger charge is -2.28. The molecule has 3 aromatic heterocycles. The topological polar surface area (TPSA) is 132 Å². The van der Waals surface area contributed by atoms with E-state index in [1.54, 1.807) is 12.5 Å². The number of carbonyl (C=O) groups excluding carboxylic acids is 1. The Bertz CT molecular complexity index is 1160. The van der Waals surface area contributed by atoms with Crippen molar-refractivity contribution in [3.05, 3.63) is 47.6 Å². The van der Waals surface area contributed by atoms with Crippen molar-refractivity contribution >= 4 is 17.2 Å². The maximum atomic E-state index is 13.0. The van der Waals surface area contributed by atoms with Gasteiger partial charge in [-0.1, -0.05) is 25.9 Å². The SMILES string of the molecule is COc1ccc(-c2nc(C(=O)N[C@H](c3nc(-c4ncn[nH]4)no3)C(C)(C)C)cs2)cc1. The van der Waals surface area contributed by atoms with E-state index in [1.165, 1.54) is 17.7 Å². The van der Waals surface area contributed by atoms with Crippen LogP contribution in [0.1, 0.15) is 43.2 Å². The molecule has 4 aromatic rings. The molecular formula is C20H21N7O3S. The Labute approximate surface area is 182 Å². The van der Waals surface area contributed by atoms with E-state index in [0.29, 0.717) is 11.5 Å². The van der Waals surface area contributed by atoms with Crippen LogP contribution in [0.5, 0.6) is 5.75 Å². The zero-order chi connectivity index (χ0) is 22.0. The van der Waals surface area contributed by atoms with Crippen molar-refractivity contribution in [3.63, 3.8) is 0 Å². The Hall–Kier alpha value is -3.60. The number of H-pyrrole nitrogens is 1. The summed E-state index contributed by atoms with van der Waals surface area (Å²) >= 11 is 1.39. The predicted molar refractivity (Wildman–Crippen MR) is 113 cm³/mol. The molecule has 3 heterocycles. The van der Waals surface area contributed by atoms with Crippen molar-refractivity contribution in [2.45, 2.75) is 26.8 Å². The highest BCUT2D eigenvalue weighted by molar-refractivity contribution is 7.13. The molecule has 0 radical (unpaired) electrons. The first-order valence-electron chi connectivity index (χ1n) is 9.45. The predicted octanol–water partition coefficient (Wildman–Crippen LogP) is 3.50. The maximum absolute atomic E-state index is 13.0. The Balaban J connectivity index is 1.54. The Morgan fingerprint density at radius 2 is 2.00 bits per heavy atom. The van der Waals surface area contributed by atoms with Gasteiger partial charge in [0, 0.05) is 10.9 Å². The molecule has 1 atom stereocenters. The molecule has 0 aliphatic heterocycles. The van der Waals surface area contributed by atoms with E-state index in [0.717, 1.165) is 16.3 Å². The number of thiazole rings is 1. The van der Waals surface area contributed by atoms with Crippen molar-refractivity contribution in [1.82, 2.24) is 35.6 Å². The van der Waals surface area contributed by atoms with E-state index in [-0.39, 0.29) is 17.6 Å². The van der Waals surface area contributed by atoms with Crippen LogP contribution in [0, 0.1) is 5.41 Å². The van der Waals surface area contributed by atoms with Crippen LogP contribution in [0.3, 0.4) is 0 Å². The molecule has 11 heteroatoms. The van der Waals surface area contributed by atoms with E-state index < -0.39 is 11.5 Å². The molecule has 4 rings (SSSR count). The molecule has 0 aliphatic carbocycles. The number of aromatic nitrogens is 6. The van der Waals surface area contributed by atoms with Gasteiger partial charge in [0.05, 0.1) is 7.11 Å². The molecule has 2 N–H and O–H groups in total. The first-order valence-corrected chi connectivity index (χ1v) is 10.3. The molecule has 0 saturated carbocycles.